The van der Waals surface area contributed by atoms with Crippen LogP contribution >= 0.6 is 35.0 Å². The van der Waals surface area contributed by atoms with Crippen molar-refractivity contribution in [2.45, 2.75) is 17.2 Å². The molecule has 2 rings (SSSR count). The molecule has 94 valence electrons. The molecule has 18 heavy (non-hydrogen) atoms. The predicted molar refractivity (Wildman–Crippen MR) is 80.4 cm³/mol. The topological polar surface area (TPSA) is 26.0 Å². The molecule has 0 saturated heterocycles. The standard InChI is InChI=1S/C14H13Cl2NS/c15-13-6-5-12(7-14(13)16)18-9-11-4-2-1-3-10(11)8-17/h1-7H,8-9,17H2. The molecular formula is C14H13Cl2NS. The van der Waals surface area contributed by atoms with Gasteiger partial charge in [0.2, 0.25) is 0 Å². The van der Waals surface area contributed by atoms with Crippen molar-refractivity contribution < 1.29 is 0 Å². The van der Waals surface area contributed by atoms with Crippen LogP contribution in [0.5, 0.6) is 0 Å². The van der Waals surface area contributed by atoms with E-state index in [0.29, 0.717) is 16.6 Å². The van der Waals surface area contributed by atoms with E-state index in [1.54, 1.807) is 11.8 Å². The summed E-state index contributed by atoms with van der Waals surface area (Å²) in [7, 11) is 0. The van der Waals surface area contributed by atoms with Crippen LogP contribution in [0.1, 0.15) is 11.1 Å². The van der Waals surface area contributed by atoms with E-state index in [4.69, 9.17) is 28.9 Å². The molecule has 0 bridgehead atoms. The van der Waals surface area contributed by atoms with Gasteiger partial charge in [-0.2, -0.15) is 0 Å². The Balaban J connectivity index is 2.09. The number of hydrogen-bond acceptors (Lipinski definition) is 2. The van der Waals surface area contributed by atoms with Gasteiger partial charge < -0.3 is 5.73 Å². The Morgan fingerprint density at radius 3 is 2.33 bits per heavy atom. The summed E-state index contributed by atoms with van der Waals surface area (Å²) in [5.41, 5.74) is 8.16. The van der Waals surface area contributed by atoms with Gasteiger partial charge in [-0.15, -0.1) is 11.8 Å². The Hall–Kier alpha value is -0.670. The molecule has 0 amide bonds. The molecule has 0 atom stereocenters. The zero-order valence-corrected chi connectivity index (χ0v) is 12.0. The van der Waals surface area contributed by atoms with Crippen LogP contribution in [-0.4, -0.2) is 0 Å². The third kappa shape index (κ3) is 3.42. The van der Waals surface area contributed by atoms with Gasteiger partial charge in [0, 0.05) is 17.2 Å². The van der Waals surface area contributed by atoms with Gasteiger partial charge in [0.1, 0.15) is 0 Å². The van der Waals surface area contributed by atoms with E-state index in [1.165, 1.54) is 11.1 Å². The van der Waals surface area contributed by atoms with Crippen LogP contribution in [0.4, 0.5) is 0 Å². The number of nitrogens with two attached hydrogens (primary N) is 1. The first-order chi connectivity index (χ1) is 8.70. The van der Waals surface area contributed by atoms with Crippen LogP contribution < -0.4 is 5.73 Å². The summed E-state index contributed by atoms with van der Waals surface area (Å²) in [4.78, 5) is 1.11. The van der Waals surface area contributed by atoms with Crippen LogP contribution in [-0.2, 0) is 12.3 Å². The van der Waals surface area contributed by atoms with Crippen molar-refractivity contribution in [3.05, 3.63) is 63.6 Å². The second kappa shape index (κ2) is 6.48. The summed E-state index contributed by atoms with van der Waals surface area (Å²) in [6, 6.07) is 13.9. The van der Waals surface area contributed by atoms with Crippen molar-refractivity contribution in [3.8, 4) is 0 Å². The van der Waals surface area contributed by atoms with Crippen molar-refractivity contribution in [1.29, 1.82) is 0 Å². The first-order valence-corrected chi connectivity index (χ1v) is 7.29. The summed E-state index contributed by atoms with van der Waals surface area (Å²) >= 11 is 13.6. The molecule has 0 radical (unpaired) electrons. The summed E-state index contributed by atoms with van der Waals surface area (Å²) in [5, 5.41) is 1.18. The molecule has 0 fully saturated rings. The summed E-state index contributed by atoms with van der Waals surface area (Å²) in [6.45, 7) is 0.568. The fraction of sp³-hybridized carbons (Fsp3) is 0.143. The molecule has 0 aliphatic carbocycles. The lowest BCUT2D eigenvalue weighted by molar-refractivity contribution is 1.04. The predicted octanol–water partition coefficient (Wildman–Crippen LogP) is 4.74. The van der Waals surface area contributed by atoms with Crippen LogP contribution in [0.2, 0.25) is 10.0 Å². The molecule has 0 aliphatic heterocycles. The largest absolute Gasteiger partial charge is 0.326 e. The lowest BCUT2D eigenvalue weighted by Crippen LogP contribution is -2.00. The number of halogens is 2. The van der Waals surface area contributed by atoms with Gasteiger partial charge in [0.25, 0.3) is 0 Å². The van der Waals surface area contributed by atoms with E-state index in [2.05, 4.69) is 12.1 Å². The third-order valence-corrected chi connectivity index (χ3v) is 4.41. The van der Waals surface area contributed by atoms with Gasteiger partial charge in [0.15, 0.2) is 0 Å². The molecular weight excluding hydrogens is 285 g/mol. The molecule has 0 aliphatic rings. The minimum atomic E-state index is 0.568. The summed E-state index contributed by atoms with van der Waals surface area (Å²) in [5.74, 6) is 0.880. The van der Waals surface area contributed by atoms with E-state index in [-0.39, 0.29) is 0 Å². The van der Waals surface area contributed by atoms with Crippen molar-refractivity contribution >= 4 is 35.0 Å². The fourth-order valence-electron chi connectivity index (χ4n) is 1.63. The number of benzene rings is 2. The average molecular weight is 298 g/mol. The molecule has 0 saturated carbocycles. The highest BCUT2D eigenvalue weighted by molar-refractivity contribution is 7.98. The van der Waals surface area contributed by atoms with E-state index in [9.17, 15) is 0 Å². The smallest absolute Gasteiger partial charge is 0.0603 e. The monoisotopic (exact) mass is 297 g/mol. The van der Waals surface area contributed by atoms with Gasteiger partial charge >= 0.3 is 0 Å². The van der Waals surface area contributed by atoms with Crippen molar-refractivity contribution in [2.75, 3.05) is 0 Å². The molecule has 1 nitrogen and oxygen atoms in total. The highest BCUT2D eigenvalue weighted by Gasteiger charge is 2.03. The van der Waals surface area contributed by atoms with Crippen molar-refractivity contribution in [2.24, 2.45) is 5.73 Å². The number of rotatable bonds is 4. The Morgan fingerprint density at radius 1 is 0.944 bits per heavy atom. The second-order valence-electron chi connectivity index (χ2n) is 3.84. The molecule has 0 heterocycles. The third-order valence-electron chi connectivity index (χ3n) is 2.62. The highest BCUT2D eigenvalue weighted by Crippen LogP contribution is 2.30. The minimum absolute atomic E-state index is 0.568. The van der Waals surface area contributed by atoms with Gasteiger partial charge in [-0.3, -0.25) is 0 Å². The lowest BCUT2D eigenvalue weighted by atomic mass is 10.1. The maximum absolute atomic E-state index is 5.99. The Kier molecular flexibility index (Phi) is 4.95. The number of thioether (sulfide) groups is 1. The van der Waals surface area contributed by atoms with E-state index in [0.717, 1.165) is 10.6 Å². The van der Waals surface area contributed by atoms with Gasteiger partial charge in [0.05, 0.1) is 10.0 Å². The van der Waals surface area contributed by atoms with Gasteiger partial charge in [-0.25, -0.2) is 0 Å². The van der Waals surface area contributed by atoms with E-state index in [1.807, 2.05) is 30.3 Å². The molecule has 4 heteroatoms. The van der Waals surface area contributed by atoms with Gasteiger partial charge in [-0.05, 0) is 29.3 Å². The summed E-state index contributed by atoms with van der Waals surface area (Å²) < 4.78 is 0. The number of hydrogen-bond donors (Lipinski definition) is 1. The van der Waals surface area contributed by atoms with E-state index < -0.39 is 0 Å². The minimum Gasteiger partial charge on any atom is -0.326 e. The molecule has 0 aromatic heterocycles. The van der Waals surface area contributed by atoms with Crippen LogP contribution in [0.15, 0.2) is 47.4 Å². The average Bonchev–Trinajstić information content (AvgIpc) is 2.40. The second-order valence-corrected chi connectivity index (χ2v) is 5.70. The first kappa shape index (κ1) is 13.8. The molecule has 0 spiro atoms. The van der Waals surface area contributed by atoms with Crippen LogP contribution in [0.3, 0.4) is 0 Å². The fourth-order valence-corrected chi connectivity index (χ4v) is 2.96. The normalized spacial score (nSPS) is 10.6. The molecule has 2 aromatic rings. The Morgan fingerprint density at radius 2 is 1.67 bits per heavy atom. The summed E-state index contributed by atoms with van der Waals surface area (Å²) in [6.07, 6.45) is 0. The van der Waals surface area contributed by atoms with Crippen molar-refractivity contribution in [3.63, 3.8) is 0 Å². The Bertz CT molecular complexity index is 543. The highest BCUT2D eigenvalue weighted by atomic mass is 35.5. The Labute approximate surface area is 121 Å². The van der Waals surface area contributed by atoms with Crippen LogP contribution in [0.25, 0.3) is 0 Å². The molecule has 2 N–H and O–H groups in total. The van der Waals surface area contributed by atoms with E-state index >= 15 is 0 Å². The lowest BCUT2D eigenvalue weighted by Gasteiger charge is -2.07. The zero-order chi connectivity index (χ0) is 13.0. The SMILES string of the molecule is NCc1ccccc1CSc1ccc(Cl)c(Cl)c1. The van der Waals surface area contributed by atoms with Crippen LogP contribution in [0, 0.1) is 0 Å². The zero-order valence-electron chi connectivity index (χ0n) is 9.70. The molecule has 2 aromatic carbocycles. The maximum atomic E-state index is 5.99. The molecule has 0 unspecified atom stereocenters. The van der Waals surface area contributed by atoms with Gasteiger partial charge in [-0.1, -0.05) is 47.5 Å². The first-order valence-electron chi connectivity index (χ1n) is 5.55. The van der Waals surface area contributed by atoms with Crippen molar-refractivity contribution in [1.82, 2.24) is 0 Å². The maximum Gasteiger partial charge on any atom is 0.0603 e. The quantitative estimate of drug-likeness (QED) is 0.825.